The molecule has 33 heavy (non-hydrogen) atoms. The van der Waals surface area contributed by atoms with Crippen LogP contribution in [0.3, 0.4) is 0 Å². The van der Waals surface area contributed by atoms with Gasteiger partial charge < -0.3 is 4.18 Å². The molecule has 0 amide bonds. The number of nitrogens with zero attached hydrogens (tertiary/aromatic N) is 2. The Bertz CT molecular complexity index is 1370. The average molecular weight is 499 g/mol. The second-order valence-corrected chi connectivity index (χ2v) is 9.94. The average Bonchev–Trinajstić information content (AvgIpc) is 2.73. The van der Waals surface area contributed by atoms with E-state index in [9.17, 15) is 30.0 Å². The molecule has 7 nitrogen and oxygen atoms in total. The van der Waals surface area contributed by atoms with Gasteiger partial charge in [0.15, 0.2) is 0 Å². The third-order valence-corrected chi connectivity index (χ3v) is 6.88. The van der Waals surface area contributed by atoms with E-state index in [2.05, 4.69) is 9.63 Å². The van der Waals surface area contributed by atoms with Crippen LogP contribution in [-0.4, -0.2) is 16.8 Å². The van der Waals surface area contributed by atoms with Crippen LogP contribution in [0.25, 0.3) is 0 Å². The number of aryl methyl sites for hydroxylation is 1. The minimum absolute atomic E-state index is 0.0491. The van der Waals surface area contributed by atoms with Gasteiger partial charge in [0.25, 0.3) is 10.0 Å². The van der Waals surface area contributed by atoms with Gasteiger partial charge in [-0.1, -0.05) is 40.4 Å². The van der Waals surface area contributed by atoms with Gasteiger partial charge in [-0.25, -0.2) is 0 Å². The van der Waals surface area contributed by atoms with Crippen molar-refractivity contribution in [2.45, 2.75) is 29.4 Å². The zero-order chi connectivity index (χ0) is 24.3. The molecule has 12 heteroatoms. The molecule has 3 aromatic carbocycles. The summed E-state index contributed by atoms with van der Waals surface area (Å²) in [4.78, 5) is -0.757. The van der Waals surface area contributed by atoms with Gasteiger partial charge in [0.2, 0.25) is 0 Å². The number of sulfonamides is 1. The van der Waals surface area contributed by atoms with Crippen molar-refractivity contribution >= 4 is 20.1 Å². The van der Waals surface area contributed by atoms with Crippen LogP contribution >= 0.6 is 0 Å². The van der Waals surface area contributed by atoms with E-state index in [0.717, 1.165) is 11.6 Å². The Morgan fingerprint density at radius 2 is 1.52 bits per heavy atom. The van der Waals surface area contributed by atoms with Crippen LogP contribution in [0.5, 0.6) is 5.75 Å². The van der Waals surface area contributed by atoms with Crippen LogP contribution < -0.4 is 4.18 Å². The third kappa shape index (κ3) is 6.17. The van der Waals surface area contributed by atoms with Crippen molar-refractivity contribution in [1.29, 1.82) is 0 Å². The summed E-state index contributed by atoms with van der Waals surface area (Å²) in [5.74, 6) is -0.0491. The van der Waals surface area contributed by atoms with Crippen LogP contribution in [-0.2, 0) is 32.9 Å². The molecule has 3 aromatic rings. The summed E-state index contributed by atoms with van der Waals surface area (Å²) in [6.45, 7) is 1.01. The van der Waals surface area contributed by atoms with Crippen LogP contribution in [0.1, 0.15) is 16.7 Å². The molecule has 0 aliphatic rings. The highest BCUT2D eigenvalue weighted by Gasteiger charge is 2.32. The fourth-order valence-electron chi connectivity index (χ4n) is 2.71. The maximum absolute atomic E-state index is 13.2. The molecule has 174 valence electrons. The van der Waals surface area contributed by atoms with Crippen LogP contribution in [0, 0.1) is 6.92 Å². The Labute approximate surface area is 188 Å². The lowest BCUT2D eigenvalue weighted by Gasteiger charge is -2.13. The van der Waals surface area contributed by atoms with E-state index in [4.69, 9.17) is 4.18 Å². The predicted molar refractivity (Wildman–Crippen MR) is 113 cm³/mol. The highest BCUT2D eigenvalue weighted by molar-refractivity contribution is 7.90. The molecular weight excluding hydrogens is 481 g/mol. The van der Waals surface area contributed by atoms with E-state index < -0.39 is 48.9 Å². The summed E-state index contributed by atoms with van der Waals surface area (Å²) in [5, 5.41) is 3.47. The lowest BCUT2D eigenvalue weighted by molar-refractivity contribution is -0.137. The van der Waals surface area contributed by atoms with E-state index in [-0.39, 0.29) is 10.6 Å². The van der Waals surface area contributed by atoms with Crippen molar-refractivity contribution in [1.82, 2.24) is 0 Å². The lowest BCUT2D eigenvalue weighted by atomic mass is 10.1. The fraction of sp³-hybridized carbons (Fsp3) is 0.143. The van der Waals surface area contributed by atoms with Gasteiger partial charge >= 0.3 is 16.3 Å². The SMILES string of the molecule is Cc1ccc(S(=O)(=O)N=NCc2cc(C(F)(F)F)ccc2S(=O)(=O)Oc2ccccc2)cc1. The van der Waals surface area contributed by atoms with Gasteiger partial charge in [-0.05, 0) is 55.0 Å². The Kier molecular flexibility index (Phi) is 6.89. The Hall–Kier alpha value is -3.25. The summed E-state index contributed by atoms with van der Waals surface area (Å²) in [6, 6.07) is 15.0. The molecule has 0 saturated heterocycles. The van der Waals surface area contributed by atoms with Gasteiger partial charge in [0, 0.05) is 0 Å². The smallest absolute Gasteiger partial charge is 0.379 e. The zero-order valence-corrected chi connectivity index (χ0v) is 18.7. The maximum Gasteiger partial charge on any atom is 0.416 e. The zero-order valence-electron chi connectivity index (χ0n) is 17.0. The molecule has 0 atom stereocenters. The topological polar surface area (TPSA) is 102 Å². The summed E-state index contributed by atoms with van der Waals surface area (Å²) < 4.78 is 97.8. The Morgan fingerprint density at radius 3 is 2.12 bits per heavy atom. The van der Waals surface area contributed by atoms with Gasteiger partial charge in [0.05, 0.1) is 17.0 Å². The number of para-hydroxylation sites is 1. The van der Waals surface area contributed by atoms with Crippen LogP contribution in [0.4, 0.5) is 13.2 Å². The van der Waals surface area contributed by atoms with E-state index in [1.54, 1.807) is 25.1 Å². The molecule has 0 radical (unpaired) electrons. The molecule has 0 N–H and O–H groups in total. The number of rotatable bonds is 7. The molecule has 0 unspecified atom stereocenters. The summed E-state index contributed by atoms with van der Waals surface area (Å²) in [5.41, 5.74) is -0.750. The van der Waals surface area contributed by atoms with Crippen molar-refractivity contribution in [2.75, 3.05) is 0 Å². The van der Waals surface area contributed by atoms with Gasteiger partial charge in [-0.2, -0.15) is 35.1 Å². The molecule has 0 bridgehead atoms. The maximum atomic E-state index is 13.2. The first-order chi connectivity index (χ1) is 15.4. The fourth-order valence-corrected chi connectivity index (χ4v) is 4.63. The standard InChI is InChI=1S/C21H17F3N2O5S2/c1-15-7-10-19(11-8-15)32(27,28)26-25-14-16-13-17(21(22,23)24)9-12-20(16)33(29,30)31-18-5-3-2-4-6-18/h2-13H,14H2,1H3. The highest BCUT2D eigenvalue weighted by Crippen LogP contribution is 2.32. The molecular formula is C21H17F3N2O5S2. The minimum atomic E-state index is -4.76. The number of hydrogen-bond acceptors (Lipinski definition) is 6. The van der Waals surface area contributed by atoms with Crippen molar-refractivity contribution in [3.8, 4) is 5.75 Å². The van der Waals surface area contributed by atoms with Crippen LogP contribution in [0.2, 0.25) is 0 Å². The van der Waals surface area contributed by atoms with Gasteiger partial charge in [0.1, 0.15) is 10.6 Å². The summed E-state index contributed by atoms with van der Waals surface area (Å²) in [6.07, 6.45) is -4.76. The molecule has 0 spiro atoms. The highest BCUT2D eigenvalue weighted by atomic mass is 32.2. The lowest BCUT2D eigenvalue weighted by Crippen LogP contribution is -2.14. The number of benzene rings is 3. The van der Waals surface area contributed by atoms with Gasteiger partial charge in [-0.15, -0.1) is 0 Å². The largest absolute Gasteiger partial charge is 0.416 e. The predicted octanol–water partition coefficient (Wildman–Crippen LogP) is 5.12. The molecule has 0 saturated carbocycles. The molecule has 0 aliphatic carbocycles. The number of alkyl halides is 3. The summed E-state index contributed by atoms with van der Waals surface area (Å²) >= 11 is 0. The van der Waals surface area contributed by atoms with Crippen molar-refractivity contribution < 1.29 is 34.2 Å². The summed E-state index contributed by atoms with van der Waals surface area (Å²) in [7, 11) is -8.77. The molecule has 0 fully saturated rings. The Balaban J connectivity index is 1.96. The second kappa shape index (κ2) is 9.32. The minimum Gasteiger partial charge on any atom is -0.379 e. The van der Waals surface area contributed by atoms with Crippen molar-refractivity contribution in [2.24, 2.45) is 9.63 Å². The first kappa shape index (κ1) is 24.4. The monoisotopic (exact) mass is 498 g/mol. The van der Waals surface area contributed by atoms with E-state index >= 15 is 0 Å². The van der Waals surface area contributed by atoms with Crippen LogP contribution in [0.15, 0.2) is 92.2 Å². The number of hydrogen-bond donors (Lipinski definition) is 0. The number of halogens is 3. The van der Waals surface area contributed by atoms with E-state index in [1.807, 2.05) is 0 Å². The van der Waals surface area contributed by atoms with E-state index in [0.29, 0.717) is 12.1 Å². The first-order valence-corrected chi connectivity index (χ1v) is 12.1. The third-order valence-electron chi connectivity index (χ3n) is 4.33. The van der Waals surface area contributed by atoms with E-state index in [1.165, 1.54) is 36.4 Å². The quantitative estimate of drug-likeness (QED) is 0.332. The van der Waals surface area contributed by atoms with Gasteiger partial charge in [-0.3, -0.25) is 0 Å². The molecule has 0 aliphatic heterocycles. The molecule has 0 heterocycles. The Morgan fingerprint density at radius 1 is 0.879 bits per heavy atom. The molecule has 0 aromatic heterocycles. The second-order valence-electron chi connectivity index (χ2n) is 6.84. The first-order valence-electron chi connectivity index (χ1n) is 9.29. The van der Waals surface area contributed by atoms with Crippen molar-refractivity contribution in [3.63, 3.8) is 0 Å². The molecule has 3 rings (SSSR count). The van der Waals surface area contributed by atoms with Crippen molar-refractivity contribution in [3.05, 3.63) is 89.5 Å². The normalized spacial score (nSPS) is 12.7.